The smallest absolute Gasteiger partial charge is 0.109 e. The third kappa shape index (κ3) is 103. The van der Waals surface area contributed by atoms with Gasteiger partial charge in [-0.15, -0.1) is 6.58 Å². The maximum absolute atomic E-state index is 10.4. The van der Waals surface area contributed by atoms with Gasteiger partial charge in [-0.05, 0) is 172 Å². The summed E-state index contributed by atoms with van der Waals surface area (Å²) in [6, 6.07) is 5.15. The Morgan fingerprint density at radius 3 is 0.790 bits per heavy atom. The molecule has 100 heavy (non-hydrogen) atoms. The summed E-state index contributed by atoms with van der Waals surface area (Å²) in [5, 5.41) is 99.5. The summed E-state index contributed by atoms with van der Waals surface area (Å²) in [6.45, 7) is 64.7. The van der Waals surface area contributed by atoms with Crippen LogP contribution >= 0.6 is 0 Å². The summed E-state index contributed by atoms with van der Waals surface area (Å²) in [4.78, 5) is 25.4. The van der Waals surface area contributed by atoms with E-state index in [0.29, 0.717) is 18.1 Å². The Kier molecular flexibility index (Phi) is 130. The maximum atomic E-state index is 10.4. The third-order valence-electron chi connectivity index (χ3n) is 12.2. The first kappa shape index (κ1) is 146. The van der Waals surface area contributed by atoms with Crippen LogP contribution in [0.1, 0.15) is 207 Å². The molecule has 0 aliphatic heterocycles. The molecule has 32 heteroatoms. The van der Waals surface area contributed by atoms with Crippen LogP contribution in [0, 0.1) is 0 Å². The van der Waals surface area contributed by atoms with Gasteiger partial charge in [0.25, 0.3) is 0 Å². The van der Waals surface area contributed by atoms with Gasteiger partial charge in [0.15, 0.2) is 0 Å². The van der Waals surface area contributed by atoms with Crippen LogP contribution in [-0.4, -0.2) is 262 Å². The number of hydrogen-bond acceptors (Lipinski definition) is 21. The monoisotopic (exact) mass is 1870 g/mol. The number of aliphatic hydroxyl groups is 9. The average Bonchev–Trinajstić information content (AvgIpc) is 1.66. The first-order valence-electron chi connectivity index (χ1n) is 32.8. The first-order valence-corrected chi connectivity index (χ1v) is 39.1. The fourth-order valence-corrected chi connectivity index (χ4v) is 12.2. The van der Waals surface area contributed by atoms with Crippen molar-refractivity contribution >= 4 is 67.6 Å². The van der Waals surface area contributed by atoms with Crippen LogP contribution < -0.4 is 0 Å². The average molecular weight is 1870 g/mol. The summed E-state index contributed by atoms with van der Waals surface area (Å²) in [7, 11) is 7.97. The Morgan fingerprint density at radius 1 is 0.350 bits per heavy atom. The topological polar surface area (TPSA) is 303 Å². The van der Waals surface area contributed by atoms with Crippen LogP contribution in [0.4, 0.5) is 0 Å². The van der Waals surface area contributed by atoms with E-state index in [2.05, 4.69) is 106 Å². The minimum absolute atomic E-state index is 0. The van der Waals surface area contributed by atoms with Crippen molar-refractivity contribution in [2.45, 2.75) is 323 Å². The molecule has 0 rings (SSSR count). The molecule has 0 aromatic carbocycles. The van der Waals surface area contributed by atoms with Gasteiger partial charge >= 0.3 is 0 Å². The molecule has 0 aliphatic rings. The van der Waals surface area contributed by atoms with Gasteiger partial charge in [0.1, 0.15) is 6.10 Å². The first-order chi connectivity index (χ1) is 41.3. The summed E-state index contributed by atoms with van der Waals surface area (Å²) < 4.78 is 0. The molecule has 0 fully saturated rings. The Bertz CT molecular complexity index is 2000. The Balaban J connectivity index is -0.0000000470. The number of nitrogens with zero attached hydrogens (tertiary/aromatic N) is 12. The molecule has 7 atom stereocenters. The van der Waals surface area contributed by atoms with E-state index in [1.807, 2.05) is 167 Å². The van der Waals surface area contributed by atoms with Crippen molar-refractivity contribution < 1.29 is 197 Å². The van der Waals surface area contributed by atoms with Gasteiger partial charge < -0.3 is 61.0 Å². The molecule has 0 aromatic heterocycles. The molecule has 625 valence electrons. The molecule has 0 bridgehead atoms. The van der Waals surface area contributed by atoms with Crippen LogP contribution in [0.5, 0.6) is 0 Å². The second-order valence-electron chi connectivity index (χ2n) is 25.9. The molecule has 0 saturated heterocycles. The predicted molar refractivity (Wildman–Crippen MR) is 409 cm³/mol. The molecule has 0 saturated carbocycles. The van der Waals surface area contributed by atoms with E-state index in [-0.39, 0.29) is 206 Å². The molecule has 7 unspecified atom stereocenters. The largest absolute Gasteiger partial charge is 0.391 e. The van der Waals surface area contributed by atoms with E-state index < -0.39 is 34.5 Å². The standard InChI is InChI=1S/C12H27NOSi.C9H21NOSi.C8H17NO.C8H15NO.C7H16N2O.C7H15NO.C6H14N2O.C6H13NO.C5H12N2O.9Co/c1-7-15(8-2,9-3)12(14)11(6)13-10(4)5;1-7(2)10-8(3)9(11)12(4,5)6;2*1-5-8(10)7(4)9-6(2)3;1-5-7(10)6(2)8-9(3)4;1-5(2)8-6(3)7(4)9;1-5(6(2)9)7-8(3)4;1-5(2)7-6(3)4-8;1-5(4-8)6-7(2)3;;;;;;;;;/h10,12,14H,7-9H2,1-6H3;7,9,11H,1-6H3;6,8,10H,5H2,1-4H3;5-6,8,10H,1H2,2-4H3;7,10H,5H2,1-4H3;5,7,9H,1-4H3;6,9H,1-4H3;5,8H,4H2,1-3H3;8H,4H2,1-3H3;;;;;;;;;. The van der Waals surface area contributed by atoms with E-state index in [0.717, 1.165) is 82.4 Å². The zero-order valence-corrected chi connectivity index (χ0v) is 80.0. The minimum Gasteiger partial charge on any atom is -0.391 e. The molecule has 0 aromatic rings. The number of rotatable bonds is 26. The summed E-state index contributed by atoms with van der Waals surface area (Å²) in [6.07, 6.45) is 0.805. The van der Waals surface area contributed by atoms with E-state index in [9.17, 15) is 20.4 Å². The van der Waals surface area contributed by atoms with Crippen molar-refractivity contribution in [1.82, 2.24) is 15.0 Å². The number of aliphatic hydroxyl groups excluding tert-OH is 9. The molecular formula is C68H150Co9N12O9Si2. The molecule has 0 heterocycles. The van der Waals surface area contributed by atoms with Gasteiger partial charge in [-0.3, -0.25) is 30.0 Å². The molecule has 9 radical (unpaired) electrons. The van der Waals surface area contributed by atoms with Crippen LogP contribution in [0.2, 0.25) is 37.8 Å². The van der Waals surface area contributed by atoms with E-state index >= 15 is 0 Å². The van der Waals surface area contributed by atoms with Gasteiger partial charge in [0.2, 0.25) is 0 Å². The zero-order chi connectivity index (χ0) is 74.5. The van der Waals surface area contributed by atoms with Crippen molar-refractivity contribution in [2.75, 3.05) is 55.5 Å². The second-order valence-corrected chi connectivity index (χ2v) is 36.6. The van der Waals surface area contributed by atoms with Gasteiger partial charge in [-0.2, -0.15) is 15.3 Å². The fraction of sp³-hybridized carbons (Fsp3) is 0.838. The normalized spacial score (nSPS) is 13.9. The summed E-state index contributed by atoms with van der Waals surface area (Å²) >= 11 is 0. The van der Waals surface area contributed by atoms with Crippen molar-refractivity contribution in [1.29, 1.82) is 0 Å². The second kappa shape index (κ2) is 88.7. The minimum atomic E-state index is -1.53. The zero-order valence-electron chi connectivity index (χ0n) is 68.6. The number of aliphatic imine (C=N–C) groups is 6. The van der Waals surface area contributed by atoms with Gasteiger partial charge in [-0.1, -0.05) is 78.5 Å². The number of hydrogen-bond donors (Lipinski definition) is 9. The predicted octanol–water partition coefficient (Wildman–Crippen LogP) is 11.4. The fourth-order valence-electron chi connectivity index (χ4n) is 7.24. The molecule has 9 N–H and O–H groups in total. The van der Waals surface area contributed by atoms with Crippen molar-refractivity contribution in [2.24, 2.45) is 45.3 Å². The van der Waals surface area contributed by atoms with E-state index in [4.69, 9.17) is 25.5 Å². The Labute approximate surface area is 709 Å². The van der Waals surface area contributed by atoms with Crippen LogP contribution in [0.3, 0.4) is 0 Å². The molecule has 0 spiro atoms. The van der Waals surface area contributed by atoms with Gasteiger partial charge in [0.05, 0.1) is 82.4 Å². The third-order valence-corrected chi connectivity index (χ3v) is 20.1. The molecule has 0 aliphatic carbocycles. The Morgan fingerprint density at radius 2 is 0.600 bits per heavy atom. The van der Waals surface area contributed by atoms with Crippen molar-refractivity contribution in [3.8, 4) is 0 Å². The summed E-state index contributed by atoms with van der Waals surface area (Å²) in [5.74, 6) is 0. The van der Waals surface area contributed by atoms with Crippen molar-refractivity contribution in [3.05, 3.63) is 12.7 Å². The van der Waals surface area contributed by atoms with Gasteiger partial charge in [0, 0.05) is 264 Å². The van der Waals surface area contributed by atoms with E-state index in [1.165, 1.54) is 6.08 Å². The van der Waals surface area contributed by atoms with E-state index in [1.54, 1.807) is 49.6 Å². The molecular weight excluding hydrogens is 1720 g/mol. The molecule has 0 amide bonds. The molecule has 21 nitrogen and oxygen atoms in total. The SMILES string of the molecule is C=CC(O)C(C)=NC(C)C.CC(=NC(C)C)C(C)O.CC(=NC(C)C)C(O)[Si](C)(C)C.CC(=NN(C)C)C(C)O.CC(CO)=NC(C)C.CC(CO)=NN(C)C.CCC(O)C(C)=NC(C)C.CCC(O)C(C)=NN(C)C.CC[Si](CC)(CC)C(O)C(C)=NC(C)C.[Co].[Co].[Co].[Co].[Co].[Co].[Co].[Co].[Co]. The van der Waals surface area contributed by atoms with Gasteiger partial charge in [-0.25, -0.2) is 0 Å². The van der Waals surface area contributed by atoms with Crippen LogP contribution in [0.15, 0.2) is 57.9 Å². The maximum Gasteiger partial charge on any atom is 0.109 e. The summed E-state index contributed by atoms with van der Waals surface area (Å²) in [5.41, 5.74) is 6.72. The van der Waals surface area contributed by atoms with Crippen LogP contribution in [-0.2, 0) is 151 Å². The number of hydrazone groups is 3. The quantitative estimate of drug-likeness (QED) is 0.0169. The van der Waals surface area contributed by atoms with Crippen LogP contribution in [0.25, 0.3) is 0 Å². The Hall–Kier alpha value is 0.802. The van der Waals surface area contributed by atoms with Crippen molar-refractivity contribution in [3.63, 3.8) is 0 Å².